The number of ether oxygens (including phenoxy) is 2. The molecule has 39 heavy (non-hydrogen) atoms. The third kappa shape index (κ3) is 4.56. The molecule has 0 radical (unpaired) electrons. The Balaban J connectivity index is 1.47. The molecule has 0 aromatic heterocycles. The number of nitrogens with zero attached hydrogens (tertiary/aromatic N) is 1. The number of halogens is 1. The van der Waals surface area contributed by atoms with Crippen molar-refractivity contribution in [1.82, 2.24) is 4.90 Å². The standard InChI is InChI=1S/C29H34ClN3O6/c1-4-18(15-34)33-25(27(36)32-24-16(3)7-6-8-20(24)30)29-14-13-21(39-29)22(23(29)28(33)37)26(35)31-17-9-11-19(12-10-17)38-5-2/h6-12,18,21-23,25,34H,4-5,13-15H2,1-3H3,(H,31,35)(H,32,36)/t18-,21-,22+,23-,25?,29?/m0/s1. The Morgan fingerprint density at radius 2 is 1.92 bits per heavy atom. The number of rotatable bonds is 9. The van der Waals surface area contributed by atoms with Crippen LogP contribution in [0.25, 0.3) is 0 Å². The molecule has 0 saturated carbocycles. The number of benzene rings is 2. The molecule has 208 valence electrons. The monoisotopic (exact) mass is 555 g/mol. The molecule has 3 heterocycles. The van der Waals surface area contributed by atoms with Gasteiger partial charge in [0.15, 0.2) is 0 Å². The summed E-state index contributed by atoms with van der Waals surface area (Å²) in [5.74, 6) is -2.04. The summed E-state index contributed by atoms with van der Waals surface area (Å²) in [6.07, 6.45) is 0.949. The number of likely N-dealkylation sites (tertiary alicyclic amines) is 1. The van der Waals surface area contributed by atoms with Gasteiger partial charge in [0.05, 0.1) is 47.9 Å². The van der Waals surface area contributed by atoms with Crippen molar-refractivity contribution in [2.75, 3.05) is 23.8 Å². The SMILES string of the molecule is CCOc1ccc(NC(=O)[C@@H]2[C@@H]3CCC4(O3)C(C(=O)Nc3c(C)cccc3Cl)N([C@@H](CC)CO)C(=O)[C@H]24)cc1. The van der Waals surface area contributed by atoms with E-state index in [2.05, 4.69) is 10.6 Å². The van der Waals surface area contributed by atoms with E-state index in [9.17, 15) is 19.5 Å². The second-order valence-electron chi connectivity index (χ2n) is 10.4. The second-order valence-corrected chi connectivity index (χ2v) is 10.8. The maximum Gasteiger partial charge on any atom is 0.250 e. The van der Waals surface area contributed by atoms with E-state index in [1.165, 1.54) is 4.90 Å². The topological polar surface area (TPSA) is 117 Å². The molecule has 1 spiro atoms. The first-order chi connectivity index (χ1) is 18.7. The molecule has 0 aliphatic carbocycles. The molecule has 2 aromatic rings. The van der Waals surface area contributed by atoms with Gasteiger partial charge in [-0.15, -0.1) is 0 Å². The first kappa shape index (κ1) is 27.4. The van der Waals surface area contributed by atoms with E-state index in [4.69, 9.17) is 21.1 Å². The van der Waals surface area contributed by atoms with Crippen LogP contribution in [-0.4, -0.2) is 64.7 Å². The Kier molecular flexibility index (Phi) is 7.59. The number of aliphatic hydroxyl groups is 1. The molecule has 3 amide bonds. The predicted octanol–water partition coefficient (Wildman–Crippen LogP) is 3.77. The quantitative estimate of drug-likeness (QED) is 0.434. The Labute approximate surface area is 232 Å². The third-order valence-corrected chi connectivity index (χ3v) is 8.58. The van der Waals surface area contributed by atoms with Crippen molar-refractivity contribution in [2.24, 2.45) is 11.8 Å². The highest BCUT2D eigenvalue weighted by atomic mass is 35.5. The molecule has 3 aliphatic heterocycles. The molecule has 3 fully saturated rings. The number of nitrogens with one attached hydrogen (secondary N) is 2. The van der Waals surface area contributed by atoms with Crippen LogP contribution in [0.5, 0.6) is 5.75 Å². The first-order valence-electron chi connectivity index (χ1n) is 13.5. The summed E-state index contributed by atoms with van der Waals surface area (Å²) in [7, 11) is 0. The zero-order valence-corrected chi connectivity index (χ0v) is 23.0. The molecule has 2 unspecified atom stereocenters. The fourth-order valence-electron chi connectivity index (χ4n) is 6.51. The van der Waals surface area contributed by atoms with Gasteiger partial charge in [-0.2, -0.15) is 0 Å². The zero-order valence-electron chi connectivity index (χ0n) is 22.3. The summed E-state index contributed by atoms with van der Waals surface area (Å²) >= 11 is 6.39. The van der Waals surface area contributed by atoms with Crippen LogP contribution in [-0.2, 0) is 19.1 Å². The molecule has 10 heteroatoms. The number of carbonyl (C=O) groups excluding carboxylic acids is 3. The van der Waals surface area contributed by atoms with Crippen LogP contribution in [0, 0.1) is 18.8 Å². The number of carbonyl (C=O) groups is 3. The van der Waals surface area contributed by atoms with Gasteiger partial charge in [-0.3, -0.25) is 14.4 Å². The second kappa shape index (κ2) is 10.8. The van der Waals surface area contributed by atoms with Crippen LogP contribution in [0.1, 0.15) is 38.7 Å². The Bertz CT molecular complexity index is 1250. The highest BCUT2D eigenvalue weighted by Crippen LogP contribution is 2.59. The van der Waals surface area contributed by atoms with Crippen molar-refractivity contribution in [1.29, 1.82) is 0 Å². The number of hydrogen-bond acceptors (Lipinski definition) is 6. The van der Waals surface area contributed by atoms with Gasteiger partial charge in [-0.1, -0.05) is 30.7 Å². The summed E-state index contributed by atoms with van der Waals surface area (Å²) < 4.78 is 11.9. The van der Waals surface area contributed by atoms with E-state index in [1.807, 2.05) is 26.8 Å². The number of aryl methyl sites for hydroxylation is 1. The lowest BCUT2D eigenvalue weighted by Crippen LogP contribution is -2.56. The van der Waals surface area contributed by atoms with E-state index in [1.54, 1.807) is 36.4 Å². The molecule has 3 N–H and O–H groups in total. The maximum atomic E-state index is 14.0. The number of para-hydroxylation sites is 1. The van der Waals surface area contributed by atoms with Crippen molar-refractivity contribution >= 4 is 40.7 Å². The zero-order chi connectivity index (χ0) is 27.9. The van der Waals surface area contributed by atoms with Crippen molar-refractivity contribution in [3.05, 3.63) is 53.1 Å². The van der Waals surface area contributed by atoms with Crippen LogP contribution in [0.3, 0.4) is 0 Å². The normalized spacial score (nSPS) is 27.8. The summed E-state index contributed by atoms with van der Waals surface area (Å²) in [4.78, 5) is 43.1. The Morgan fingerprint density at radius 1 is 1.18 bits per heavy atom. The van der Waals surface area contributed by atoms with Crippen molar-refractivity contribution in [2.45, 2.75) is 63.8 Å². The van der Waals surface area contributed by atoms with Crippen LogP contribution < -0.4 is 15.4 Å². The average molecular weight is 556 g/mol. The summed E-state index contributed by atoms with van der Waals surface area (Å²) in [5, 5.41) is 16.4. The number of anilines is 2. The van der Waals surface area contributed by atoms with Gasteiger partial charge < -0.3 is 30.1 Å². The molecular formula is C29H34ClN3O6. The molecular weight excluding hydrogens is 522 g/mol. The molecule has 6 atom stereocenters. The average Bonchev–Trinajstić information content (AvgIpc) is 3.56. The molecule has 5 rings (SSSR count). The van der Waals surface area contributed by atoms with Gasteiger partial charge in [0.1, 0.15) is 17.4 Å². The fraction of sp³-hybridized carbons (Fsp3) is 0.483. The largest absolute Gasteiger partial charge is 0.494 e. The van der Waals surface area contributed by atoms with Crippen LogP contribution >= 0.6 is 11.6 Å². The van der Waals surface area contributed by atoms with Crippen molar-refractivity contribution < 1.29 is 29.0 Å². The van der Waals surface area contributed by atoms with E-state index >= 15 is 0 Å². The molecule has 2 aromatic carbocycles. The van der Waals surface area contributed by atoms with E-state index < -0.39 is 41.5 Å². The maximum absolute atomic E-state index is 14.0. The molecule has 3 aliphatic rings. The van der Waals surface area contributed by atoms with Crippen molar-refractivity contribution in [3.63, 3.8) is 0 Å². The third-order valence-electron chi connectivity index (χ3n) is 8.27. The van der Waals surface area contributed by atoms with Gasteiger partial charge in [0.2, 0.25) is 17.7 Å². The van der Waals surface area contributed by atoms with Gasteiger partial charge >= 0.3 is 0 Å². The minimum absolute atomic E-state index is 0.313. The van der Waals surface area contributed by atoms with Gasteiger partial charge in [0, 0.05) is 5.69 Å². The van der Waals surface area contributed by atoms with E-state index in [0.717, 1.165) is 5.56 Å². The number of fused-ring (bicyclic) bond motifs is 1. The number of hydrogen-bond donors (Lipinski definition) is 3. The lowest BCUT2D eigenvalue weighted by Gasteiger charge is -2.36. The highest BCUT2D eigenvalue weighted by molar-refractivity contribution is 6.34. The van der Waals surface area contributed by atoms with E-state index in [-0.39, 0.29) is 18.4 Å². The summed E-state index contributed by atoms with van der Waals surface area (Å²) in [5.41, 5.74) is 0.641. The Morgan fingerprint density at radius 3 is 2.56 bits per heavy atom. The minimum atomic E-state index is -1.18. The molecule has 3 saturated heterocycles. The van der Waals surface area contributed by atoms with Crippen LogP contribution in [0.2, 0.25) is 5.02 Å². The first-order valence-corrected chi connectivity index (χ1v) is 13.8. The van der Waals surface area contributed by atoms with Crippen LogP contribution in [0.4, 0.5) is 11.4 Å². The van der Waals surface area contributed by atoms with Gasteiger partial charge in [-0.25, -0.2) is 0 Å². The smallest absolute Gasteiger partial charge is 0.250 e. The number of amides is 3. The fourth-order valence-corrected chi connectivity index (χ4v) is 6.78. The van der Waals surface area contributed by atoms with Crippen LogP contribution in [0.15, 0.2) is 42.5 Å². The lowest BCUT2D eigenvalue weighted by atomic mass is 9.70. The van der Waals surface area contributed by atoms with Gasteiger partial charge in [-0.05, 0) is 69.0 Å². The van der Waals surface area contributed by atoms with Gasteiger partial charge in [0.25, 0.3) is 0 Å². The molecule has 2 bridgehead atoms. The summed E-state index contributed by atoms with van der Waals surface area (Å²) in [6.45, 7) is 5.80. The lowest BCUT2D eigenvalue weighted by molar-refractivity contribution is -0.143. The van der Waals surface area contributed by atoms with Crippen molar-refractivity contribution in [3.8, 4) is 5.75 Å². The molecule has 9 nitrogen and oxygen atoms in total. The number of aliphatic hydroxyl groups excluding tert-OH is 1. The summed E-state index contributed by atoms with van der Waals surface area (Å²) in [6, 6.07) is 10.7. The predicted molar refractivity (Wildman–Crippen MR) is 147 cm³/mol. The Hall–Kier alpha value is -3.14. The highest BCUT2D eigenvalue weighted by Gasteiger charge is 2.75. The minimum Gasteiger partial charge on any atom is -0.494 e. The van der Waals surface area contributed by atoms with E-state index in [0.29, 0.717) is 48.0 Å².